The summed E-state index contributed by atoms with van der Waals surface area (Å²) in [5.41, 5.74) is 0. The van der Waals surface area contributed by atoms with Gasteiger partial charge in [-0.25, -0.2) is 0 Å². The zero-order chi connectivity index (χ0) is 11.9. The molecule has 0 saturated heterocycles. The van der Waals surface area contributed by atoms with E-state index in [9.17, 15) is 16.8 Å². The first-order chi connectivity index (χ1) is 6.62. The Balaban J connectivity index is 2.81. The summed E-state index contributed by atoms with van der Waals surface area (Å²) in [7, 11) is -8.22. The van der Waals surface area contributed by atoms with Crippen LogP contribution in [0.1, 0.15) is 26.2 Å². The maximum absolute atomic E-state index is 10.9. The van der Waals surface area contributed by atoms with Gasteiger partial charge in [-0.05, 0) is 25.2 Å². The quantitative estimate of drug-likeness (QED) is 0.690. The first-order valence-corrected chi connectivity index (χ1v) is 7.55. The predicted molar refractivity (Wildman–Crippen MR) is 53.7 cm³/mol. The molecule has 0 bridgehead atoms. The molecule has 0 aromatic carbocycles. The normalized spacial score (nSPS) is 33.9. The fourth-order valence-corrected chi connectivity index (χ4v) is 4.14. The molecule has 8 heteroatoms. The van der Waals surface area contributed by atoms with E-state index in [1.165, 1.54) is 0 Å². The minimum Gasteiger partial charge on any atom is -0.285 e. The third-order valence-electron chi connectivity index (χ3n) is 2.85. The van der Waals surface area contributed by atoms with Crippen molar-refractivity contribution in [1.29, 1.82) is 0 Å². The molecule has 3 unspecified atom stereocenters. The van der Waals surface area contributed by atoms with Crippen LogP contribution in [0.15, 0.2) is 0 Å². The highest BCUT2D eigenvalue weighted by atomic mass is 32.2. The van der Waals surface area contributed by atoms with Gasteiger partial charge in [0, 0.05) is 0 Å². The molecule has 0 radical (unpaired) electrons. The van der Waals surface area contributed by atoms with E-state index in [0.29, 0.717) is 0 Å². The number of hydrogen-bond donors (Lipinski definition) is 2. The Morgan fingerprint density at radius 2 is 1.53 bits per heavy atom. The SMILES string of the molecule is CC1CC(S(=O)(=O)O)CCC1S(=O)(=O)O. The smallest absolute Gasteiger partial charge is 0.268 e. The Morgan fingerprint density at radius 3 is 1.87 bits per heavy atom. The van der Waals surface area contributed by atoms with Crippen molar-refractivity contribution >= 4 is 20.2 Å². The molecule has 1 aliphatic carbocycles. The summed E-state index contributed by atoms with van der Waals surface area (Å²) < 4.78 is 61.1. The molecule has 3 atom stereocenters. The van der Waals surface area contributed by atoms with Crippen molar-refractivity contribution in [2.45, 2.75) is 36.7 Å². The van der Waals surface area contributed by atoms with Crippen LogP contribution in [-0.2, 0) is 20.2 Å². The lowest BCUT2D eigenvalue weighted by Gasteiger charge is -2.30. The monoisotopic (exact) mass is 258 g/mol. The zero-order valence-electron chi connectivity index (χ0n) is 8.20. The minimum absolute atomic E-state index is 0.0588. The topological polar surface area (TPSA) is 109 Å². The maximum atomic E-state index is 10.9. The van der Waals surface area contributed by atoms with Crippen molar-refractivity contribution < 1.29 is 25.9 Å². The predicted octanol–water partition coefficient (Wildman–Crippen LogP) is 0.319. The van der Waals surface area contributed by atoms with Crippen molar-refractivity contribution in [1.82, 2.24) is 0 Å². The van der Waals surface area contributed by atoms with Crippen LogP contribution in [0.4, 0.5) is 0 Å². The molecule has 90 valence electrons. The van der Waals surface area contributed by atoms with E-state index in [2.05, 4.69) is 0 Å². The van der Waals surface area contributed by atoms with E-state index in [0.717, 1.165) is 0 Å². The van der Waals surface area contributed by atoms with Gasteiger partial charge in [-0.1, -0.05) is 6.92 Å². The lowest BCUT2D eigenvalue weighted by atomic mass is 9.90. The van der Waals surface area contributed by atoms with Gasteiger partial charge in [0.25, 0.3) is 20.2 Å². The molecule has 0 aliphatic heterocycles. The van der Waals surface area contributed by atoms with Crippen molar-refractivity contribution in [3.63, 3.8) is 0 Å². The summed E-state index contributed by atoms with van der Waals surface area (Å²) in [6.45, 7) is 1.55. The fraction of sp³-hybridized carbons (Fsp3) is 1.00. The van der Waals surface area contributed by atoms with E-state index in [4.69, 9.17) is 9.11 Å². The van der Waals surface area contributed by atoms with Crippen LogP contribution < -0.4 is 0 Å². The average molecular weight is 258 g/mol. The standard InChI is InChI=1S/C7H14O6S2/c1-5-4-6(14(8,9)10)2-3-7(5)15(11,12)13/h5-7H,2-4H2,1H3,(H,8,9,10)(H,11,12,13). The molecular weight excluding hydrogens is 244 g/mol. The van der Waals surface area contributed by atoms with Gasteiger partial charge in [-0.2, -0.15) is 16.8 Å². The molecule has 1 fully saturated rings. The van der Waals surface area contributed by atoms with Crippen LogP contribution >= 0.6 is 0 Å². The lowest BCUT2D eigenvalue weighted by Crippen LogP contribution is -2.38. The summed E-state index contributed by atoms with van der Waals surface area (Å²) in [6, 6.07) is 0. The van der Waals surface area contributed by atoms with Gasteiger partial charge in [0.05, 0.1) is 10.5 Å². The Bertz CT molecular complexity index is 422. The van der Waals surface area contributed by atoms with Crippen LogP contribution in [-0.4, -0.2) is 36.4 Å². The van der Waals surface area contributed by atoms with E-state index in [1.54, 1.807) is 6.92 Å². The van der Waals surface area contributed by atoms with E-state index in [-0.39, 0.29) is 19.3 Å². The summed E-state index contributed by atoms with van der Waals surface area (Å²) in [6.07, 6.45) is 0.182. The lowest BCUT2D eigenvalue weighted by molar-refractivity contribution is 0.341. The van der Waals surface area contributed by atoms with E-state index >= 15 is 0 Å². The van der Waals surface area contributed by atoms with Gasteiger partial charge in [0.2, 0.25) is 0 Å². The third-order valence-corrected chi connectivity index (χ3v) is 5.58. The molecule has 15 heavy (non-hydrogen) atoms. The van der Waals surface area contributed by atoms with Crippen LogP contribution in [0.25, 0.3) is 0 Å². The molecule has 0 heterocycles. The summed E-state index contributed by atoms with van der Waals surface area (Å²) >= 11 is 0. The van der Waals surface area contributed by atoms with Gasteiger partial charge in [-0.15, -0.1) is 0 Å². The van der Waals surface area contributed by atoms with Crippen molar-refractivity contribution in [3.8, 4) is 0 Å². The number of rotatable bonds is 2. The molecule has 1 rings (SSSR count). The molecule has 2 N–H and O–H groups in total. The Hall–Kier alpha value is -0.180. The Kier molecular flexibility index (Phi) is 3.44. The summed E-state index contributed by atoms with van der Waals surface area (Å²) in [5, 5.41) is -1.83. The summed E-state index contributed by atoms with van der Waals surface area (Å²) in [5.74, 6) is -0.472. The molecular formula is C7H14O6S2. The fourth-order valence-electron chi connectivity index (χ4n) is 2.03. The second-order valence-corrected chi connectivity index (χ2v) is 7.31. The Morgan fingerprint density at radius 1 is 1.00 bits per heavy atom. The van der Waals surface area contributed by atoms with Crippen molar-refractivity contribution in [2.75, 3.05) is 0 Å². The molecule has 0 aromatic heterocycles. The van der Waals surface area contributed by atoms with E-state index in [1.807, 2.05) is 0 Å². The van der Waals surface area contributed by atoms with Crippen molar-refractivity contribution in [3.05, 3.63) is 0 Å². The second-order valence-electron chi connectivity index (χ2n) is 3.98. The molecule has 0 amide bonds. The highest BCUT2D eigenvalue weighted by molar-refractivity contribution is 7.87. The van der Waals surface area contributed by atoms with Gasteiger partial charge in [0.15, 0.2) is 0 Å². The van der Waals surface area contributed by atoms with Crippen LogP contribution in [0.5, 0.6) is 0 Å². The minimum atomic E-state index is -4.12. The zero-order valence-corrected chi connectivity index (χ0v) is 9.83. The largest absolute Gasteiger partial charge is 0.285 e. The van der Waals surface area contributed by atoms with Gasteiger partial charge in [0.1, 0.15) is 0 Å². The first-order valence-electron chi connectivity index (χ1n) is 4.55. The Labute approximate surface area is 89.2 Å². The van der Waals surface area contributed by atoms with Crippen LogP contribution in [0, 0.1) is 5.92 Å². The van der Waals surface area contributed by atoms with E-state index < -0.39 is 36.7 Å². The highest BCUT2D eigenvalue weighted by Gasteiger charge is 2.39. The van der Waals surface area contributed by atoms with Gasteiger partial charge in [-0.3, -0.25) is 9.11 Å². The van der Waals surface area contributed by atoms with Gasteiger partial charge < -0.3 is 0 Å². The molecule has 0 spiro atoms. The average Bonchev–Trinajstić information content (AvgIpc) is 1.99. The van der Waals surface area contributed by atoms with Crippen molar-refractivity contribution in [2.24, 2.45) is 5.92 Å². The maximum Gasteiger partial charge on any atom is 0.268 e. The second kappa shape index (κ2) is 4.00. The van der Waals surface area contributed by atoms with Crippen LogP contribution in [0.2, 0.25) is 0 Å². The first kappa shape index (κ1) is 12.9. The number of hydrogen-bond acceptors (Lipinski definition) is 4. The molecule has 1 aliphatic rings. The third kappa shape index (κ3) is 3.13. The van der Waals surface area contributed by atoms with Crippen LogP contribution in [0.3, 0.4) is 0 Å². The summed E-state index contributed by atoms with van der Waals surface area (Å²) in [4.78, 5) is 0. The highest BCUT2D eigenvalue weighted by Crippen LogP contribution is 2.32. The molecule has 1 saturated carbocycles. The van der Waals surface area contributed by atoms with Gasteiger partial charge >= 0.3 is 0 Å². The molecule has 0 aromatic rings. The molecule has 6 nitrogen and oxygen atoms in total.